The van der Waals surface area contributed by atoms with Gasteiger partial charge in [0, 0.05) is 5.56 Å². The second-order valence-electron chi connectivity index (χ2n) is 3.72. The van der Waals surface area contributed by atoms with E-state index < -0.39 is 5.56 Å². The predicted molar refractivity (Wildman–Crippen MR) is 73.2 cm³/mol. The van der Waals surface area contributed by atoms with Gasteiger partial charge in [0.15, 0.2) is 5.16 Å². The van der Waals surface area contributed by atoms with Crippen molar-refractivity contribution in [3.05, 3.63) is 39.7 Å². The summed E-state index contributed by atoms with van der Waals surface area (Å²) in [4.78, 5) is 18.4. The van der Waals surface area contributed by atoms with Gasteiger partial charge in [-0.15, -0.1) is 0 Å². The molecule has 0 amide bonds. The van der Waals surface area contributed by atoms with E-state index in [2.05, 4.69) is 9.97 Å². The number of phenolic OH excluding ortho intramolecular Hbond substituents is 1. The fourth-order valence-corrected chi connectivity index (χ4v) is 2.05. The summed E-state index contributed by atoms with van der Waals surface area (Å²) in [5.41, 5.74) is -0.479. The number of para-hydroxylation sites is 1. The first-order chi connectivity index (χ1) is 9.62. The maximum Gasteiger partial charge on any atom is 0.270 e. The van der Waals surface area contributed by atoms with Gasteiger partial charge in [0.1, 0.15) is 29.1 Å². The van der Waals surface area contributed by atoms with Gasteiger partial charge in [0.25, 0.3) is 5.56 Å². The molecule has 1 heterocycles. The van der Waals surface area contributed by atoms with Crippen LogP contribution < -0.4 is 5.56 Å². The first-order valence-corrected chi connectivity index (χ1v) is 6.65. The Labute approximate surface area is 118 Å². The minimum absolute atomic E-state index is 0.0548. The molecule has 0 fully saturated rings. The van der Waals surface area contributed by atoms with Crippen LogP contribution in [0.5, 0.6) is 5.75 Å². The van der Waals surface area contributed by atoms with Gasteiger partial charge in [-0.3, -0.25) is 4.79 Å². The largest absolute Gasteiger partial charge is 0.506 e. The van der Waals surface area contributed by atoms with Crippen molar-refractivity contribution in [3.63, 3.8) is 0 Å². The Morgan fingerprint density at radius 3 is 2.70 bits per heavy atom. The zero-order valence-corrected chi connectivity index (χ0v) is 11.2. The molecular formula is C13H8N4O2S. The Balaban J connectivity index is 2.83. The topological polar surface area (TPSA) is 114 Å². The van der Waals surface area contributed by atoms with Crippen molar-refractivity contribution in [1.29, 1.82) is 10.5 Å². The summed E-state index contributed by atoms with van der Waals surface area (Å²) in [6, 6.07) is 8.10. The van der Waals surface area contributed by atoms with E-state index in [1.807, 2.05) is 6.07 Å². The van der Waals surface area contributed by atoms with Crippen LogP contribution in [0.2, 0.25) is 0 Å². The molecule has 0 bridgehead atoms. The van der Waals surface area contributed by atoms with Crippen molar-refractivity contribution in [3.8, 4) is 29.1 Å². The second-order valence-corrected chi connectivity index (χ2v) is 4.52. The monoisotopic (exact) mass is 284 g/mol. The normalized spacial score (nSPS) is 9.75. The Kier molecular flexibility index (Phi) is 3.74. The molecule has 2 aromatic rings. The van der Waals surface area contributed by atoms with Gasteiger partial charge in [-0.1, -0.05) is 17.8 Å². The zero-order chi connectivity index (χ0) is 14.7. The first-order valence-electron chi connectivity index (χ1n) is 5.43. The van der Waals surface area contributed by atoms with Crippen LogP contribution in [-0.4, -0.2) is 21.3 Å². The van der Waals surface area contributed by atoms with Crippen molar-refractivity contribution in [2.45, 2.75) is 5.16 Å². The SMILES string of the molecule is CSc1nc(-c2cccc(C#N)c2O)c(C#N)c(=O)[nH]1. The highest BCUT2D eigenvalue weighted by molar-refractivity contribution is 7.98. The lowest BCUT2D eigenvalue weighted by Crippen LogP contribution is -2.14. The van der Waals surface area contributed by atoms with Crippen LogP contribution in [0.4, 0.5) is 0 Å². The average Bonchev–Trinajstić information content (AvgIpc) is 2.46. The number of H-pyrrole nitrogens is 1. The Morgan fingerprint density at radius 1 is 1.35 bits per heavy atom. The number of phenols is 1. The smallest absolute Gasteiger partial charge is 0.270 e. The van der Waals surface area contributed by atoms with Crippen LogP contribution in [0.15, 0.2) is 28.2 Å². The number of rotatable bonds is 2. The zero-order valence-electron chi connectivity index (χ0n) is 10.3. The molecule has 20 heavy (non-hydrogen) atoms. The number of nitrogens with one attached hydrogen (secondary N) is 1. The lowest BCUT2D eigenvalue weighted by molar-refractivity contribution is 0.475. The Morgan fingerprint density at radius 2 is 2.10 bits per heavy atom. The summed E-state index contributed by atoms with van der Waals surface area (Å²) < 4.78 is 0. The molecule has 98 valence electrons. The number of aromatic hydroxyl groups is 1. The second kappa shape index (κ2) is 5.47. The van der Waals surface area contributed by atoms with E-state index in [1.54, 1.807) is 18.4 Å². The van der Waals surface area contributed by atoms with Crippen molar-refractivity contribution in [2.75, 3.05) is 6.26 Å². The third-order valence-corrected chi connectivity index (χ3v) is 3.19. The van der Waals surface area contributed by atoms with Crippen molar-refractivity contribution in [1.82, 2.24) is 9.97 Å². The number of hydrogen-bond acceptors (Lipinski definition) is 6. The quantitative estimate of drug-likeness (QED) is 0.639. The van der Waals surface area contributed by atoms with Gasteiger partial charge < -0.3 is 10.1 Å². The summed E-state index contributed by atoms with van der Waals surface area (Å²) in [5, 5.41) is 28.3. The summed E-state index contributed by atoms with van der Waals surface area (Å²) >= 11 is 1.20. The molecule has 1 aromatic heterocycles. The molecule has 0 aliphatic rings. The molecule has 0 aliphatic carbocycles. The molecule has 2 N–H and O–H groups in total. The van der Waals surface area contributed by atoms with Crippen LogP contribution in [0.3, 0.4) is 0 Å². The van der Waals surface area contributed by atoms with Gasteiger partial charge >= 0.3 is 0 Å². The number of thioether (sulfide) groups is 1. The molecule has 2 rings (SSSR count). The van der Waals surface area contributed by atoms with Gasteiger partial charge in [-0.25, -0.2) is 4.98 Å². The third kappa shape index (κ3) is 2.22. The highest BCUT2D eigenvalue weighted by atomic mass is 32.2. The molecule has 7 heteroatoms. The Bertz CT molecular complexity index is 815. The fraction of sp³-hybridized carbons (Fsp3) is 0.0769. The average molecular weight is 284 g/mol. The van der Waals surface area contributed by atoms with E-state index in [1.165, 1.54) is 23.9 Å². The molecular weight excluding hydrogens is 276 g/mol. The molecule has 1 aromatic carbocycles. The van der Waals surface area contributed by atoms with Crippen LogP contribution >= 0.6 is 11.8 Å². The minimum atomic E-state index is -0.580. The van der Waals surface area contributed by atoms with Gasteiger partial charge in [-0.05, 0) is 18.4 Å². The number of nitrogens with zero attached hydrogens (tertiary/aromatic N) is 3. The maximum atomic E-state index is 11.8. The van der Waals surface area contributed by atoms with Crippen LogP contribution in [0.1, 0.15) is 11.1 Å². The third-order valence-electron chi connectivity index (χ3n) is 2.61. The highest BCUT2D eigenvalue weighted by Gasteiger charge is 2.17. The van der Waals surface area contributed by atoms with Crippen molar-refractivity contribution >= 4 is 11.8 Å². The van der Waals surface area contributed by atoms with E-state index in [-0.39, 0.29) is 28.1 Å². The van der Waals surface area contributed by atoms with E-state index in [0.29, 0.717) is 5.16 Å². The van der Waals surface area contributed by atoms with Gasteiger partial charge in [0.05, 0.1) is 5.56 Å². The van der Waals surface area contributed by atoms with E-state index in [0.717, 1.165) is 0 Å². The minimum Gasteiger partial charge on any atom is -0.506 e. The summed E-state index contributed by atoms with van der Waals surface area (Å²) in [6.07, 6.45) is 1.72. The van der Waals surface area contributed by atoms with Gasteiger partial charge in [0.2, 0.25) is 0 Å². The number of aromatic amines is 1. The molecule has 0 saturated carbocycles. The number of hydrogen-bond donors (Lipinski definition) is 2. The molecule has 0 aliphatic heterocycles. The summed E-state index contributed by atoms with van der Waals surface area (Å²) in [7, 11) is 0. The Hall–Kier alpha value is -2.77. The molecule has 0 saturated heterocycles. The molecule has 0 unspecified atom stereocenters. The predicted octanol–water partition coefficient (Wildman–Crippen LogP) is 1.61. The lowest BCUT2D eigenvalue weighted by atomic mass is 10.0. The maximum absolute atomic E-state index is 11.8. The molecule has 0 spiro atoms. The van der Waals surface area contributed by atoms with Crippen LogP contribution in [0.25, 0.3) is 11.3 Å². The molecule has 0 radical (unpaired) electrons. The van der Waals surface area contributed by atoms with E-state index in [4.69, 9.17) is 10.5 Å². The lowest BCUT2D eigenvalue weighted by Gasteiger charge is -2.07. The summed E-state index contributed by atoms with van der Waals surface area (Å²) in [6.45, 7) is 0. The van der Waals surface area contributed by atoms with Crippen molar-refractivity contribution in [2.24, 2.45) is 0 Å². The van der Waals surface area contributed by atoms with E-state index >= 15 is 0 Å². The van der Waals surface area contributed by atoms with Crippen LogP contribution in [-0.2, 0) is 0 Å². The number of nitriles is 2. The van der Waals surface area contributed by atoms with Crippen LogP contribution in [0, 0.1) is 22.7 Å². The number of benzene rings is 1. The fourth-order valence-electron chi connectivity index (χ4n) is 1.67. The number of aromatic nitrogens is 2. The van der Waals surface area contributed by atoms with Gasteiger partial charge in [-0.2, -0.15) is 10.5 Å². The highest BCUT2D eigenvalue weighted by Crippen LogP contribution is 2.32. The summed E-state index contributed by atoms with van der Waals surface area (Å²) in [5.74, 6) is -0.295. The van der Waals surface area contributed by atoms with Crippen molar-refractivity contribution < 1.29 is 5.11 Å². The first kappa shape index (κ1) is 13.7. The molecule has 0 atom stereocenters. The van der Waals surface area contributed by atoms with E-state index in [9.17, 15) is 9.90 Å². The standard InChI is InChI=1S/C13H8N4O2S/c1-20-13-16-10(9(6-15)12(19)17-13)8-4-2-3-7(5-14)11(8)18/h2-4,18H,1H3,(H,16,17,19). The molecule has 6 nitrogen and oxygen atoms in total.